The third kappa shape index (κ3) is 2.13. The van der Waals surface area contributed by atoms with Gasteiger partial charge in [-0.2, -0.15) is 0 Å². The molecule has 0 saturated heterocycles. The lowest BCUT2D eigenvalue weighted by Gasteiger charge is -2.58. The van der Waals surface area contributed by atoms with E-state index in [0.29, 0.717) is 16.9 Å². The van der Waals surface area contributed by atoms with Crippen LogP contribution in [0.5, 0.6) is 0 Å². The van der Waals surface area contributed by atoms with Gasteiger partial charge in [-0.1, -0.05) is 25.5 Å². The van der Waals surface area contributed by atoms with Crippen molar-refractivity contribution in [1.29, 1.82) is 0 Å². The van der Waals surface area contributed by atoms with Crippen LogP contribution in [0.25, 0.3) is 0 Å². The summed E-state index contributed by atoms with van der Waals surface area (Å²) in [6.45, 7) is 4.91. The average Bonchev–Trinajstić information content (AvgIpc) is 2.90. The summed E-state index contributed by atoms with van der Waals surface area (Å²) in [6.07, 6.45) is 14.0. The number of ether oxygens (including phenoxy) is 1. The molecule has 0 aromatic carbocycles. The molecule has 0 amide bonds. The number of hydrogen-bond donors (Lipinski definition) is 1. The first kappa shape index (κ1) is 16.1. The lowest BCUT2D eigenvalue weighted by atomic mass is 9.47. The van der Waals surface area contributed by atoms with Crippen LogP contribution in [0.2, 0.25) is 0 Å². The maximum atomic E-state index is 10.2. The molecule has 3 fully saturated rings. The van der Waals surface area contributed by atoms with E-state index in [4.69, 9.17) is 4.74 Å². The van der Waals surface area contributed by atoms with Crippen molar-refractivity contribution in [1.82, 2.24) is 0 Å². The van der Waals surface area contributed by atoms with Gasteiger partial charge in [0.2, 0.25) is 0 Å². The van der Waals surface area contributed by atoms with Crippen LogP contribution in [-0.4, -0.2) is 24.4 Å². The first-order chi connectivity index (χ1) is 11.0. The van der Waals surface area contributed by atoms with Crippen molar-refractivity contribution in [3.8, 4) is 0 Å². The van der Waals surface area contributed by atoms with Gasteiger partial charge in [-0.25, -0.2) is 0 Å². The van der Waals surface area contributed by atoms with Crippen LogP contribution >= 0.6 is 0 Å². The Balaban J connectivity index is 1.68. The number of aliphatic hydroxyl groups excluding tert-OH is 1. The SMILES string of the molecule is CC[C@]12CCC(O)CC1=CC[C@@H]1[C@H]2CC[C@]2(C)C(OC)CC[C@@H]12. The number of hydrogen-bond acceptors (Lipinski definition) is 2. The highest BCUT2D eigenvalue weighted by Gasteiger charge is 2.59. The topological polar surface area (TPSA) is 29.5 Å². The van der Waals surface area contributed by atoms with E-state index in [1.807, 2.05) is 7.11 Å². The van der Waals surface area contributed by atoms with E-state index in [0.717, 1.165) is 30.6 Å². The van der Waals surface area contributed by atoms with Crippen LogP contribution < -0.4 is 0 Å². The zero-order valence-electron chi connectivity index (χ0n) is 15.2. The molecule has 23 heavy (non-hydrogen) atoms. The zero-order valence-corrected chi connectivity index (χ0v) is 15.2. The van der Waals surface area contributed by atoms with Crippen LogP contribution in [0.3, 0.4) is 0 Å². The standard InChI is InChI=1S/C21H34O2/c1-4-21-12-9-15(22)13-14(21)5-6-16-17-7-8-19(23-3)20(17,2)11-10-18(16)21/h5,15-19,22H,4,6-13H2,1-3H3/t15?,16-,17-,18+,19?,20-,21-/m0/s1. The second kappa shape index (κ2) is 5.59. The van der Waals surface area contributed by atoms with Gasteiger partial charge in [-0.3, -0.25) is 0 Å². The summed E-state index contributed by atoms with van der Waals surface area (Å²) >= 11 is 0. The molecule has 4 aliphatic rings. The van der Waals surface area contributed by atoms with Crippen molar-refractivity contribution in [2.75, 3.05) is 7.11 Å². The van der Waals surface area contributed by atoms with Gasteiger partial charge in [0.25, 0.3) is 0 Å². The van der Waals surface area contributed by atoms with Gasteiger partial charge in [0.05, 0.1) is 12.2 Å². The molecule has 130 valence electrons. The predicted octanol–water partition coefficient (Wildman–Crippen LogP) is 4.72. The Bertz CT molecular complexity index is 498. The fraction of sp³-hybridized carbons (Fsp3) is 0.905. The third-order valence-corrected chi connectivity index (χ3v) is 8.63. The van der Waals surface area contributed by atoms with Crippen molar-refractivity contribution in [3.05, 3.63) is 11.6 Å². The molecule has 3 saturated carbocycles. The minimum absolute atomic E-state index is 0.0873. The monoisotopic (exact) mass is 318 g/mol. The number of fused-ring (bicyclic) bond motifs is 5. The highest BCUT2D eigenvalue weighted by Crippen LogP contribution is 2.66. The zero-order chi connectivity index (χ0) is 16.2. The summed E-state index contributed by atoms with van der Waals surface area (Å²) in [4.78, 5) is 0. The van der Waals surface area contributed by atoms with Crippen molar-refractivity contribution in [2.24, 2.45) is 28.6 Å². The fourth-order valence-corrected chi connectivity index (χ4v) is 7.44. The van der Waals surface area contributed by atoms with Gasteiger partial charge in [0.1, 0.15) is 0 Å². The molecule has 4 rings (SSSR count). The van der Waals surface area contributed by atoms with Crippen LogP contribution in [-0.2, 0) is 4.74 Å². The quantitative estimate of drug-likeness (QED) is 0.747. The summed E-state index contributed by atoms with van der Waals surface area (Å²) < 4.78 is 5.89. The summed E-state index contributed by atoms with van der Waals surface area (Å²) in [6, 6.07) is 0. The van der Waals surface area contributed by atoms with E-state index >= 15 is 0 Å². The second-order valence-corrected chi connectivity index (χ2v) is 9.09. The lowest BCUT2D eigenvalue weighted by Crippen LogP contribution is -2.52. The van der Waals surface area contributed by atoms with E-state index in [1.54, 1.807) is 5.57 Å². The van der Waals surface area contributed by atoms with Gasteiger partial charge in [0, 0.05) is 7.11 Å². The van der Waals surface area contributed by atoms with E-state index in [2.05, 4.69) is 19.9 Å². The number of aliphatic hydroxyl groups is 1. The van der Waals surface area contributed by atoms with Crippen molar-refractivity contribution in [3.63, 3.8) is 0 Å². The molecule has 0 aliphatic heterocycles. The Kier molecular flexibility index (Phi) is 3.93. The van der Waals surface area contributed by atoms with Gasteiger partial charge in [-0.15, -0.1) is 0 Å². The van der Waals surface area contributed by atoms with E-state index < -0.39 is 0 Å². The van der Waals surface area contributed by atoms with E-state index in [-0.39, 0.29) is 6.10 Å². The molecule has 0 spiro atoms. The maximum Gasteiger partial charge on any atom is 0.0627 e. The average molecular weight is 319 g/mol. The molecule has 4 aliphatic carbocycles. The Morgan fingerprint density at radius 3 is 2.74 bits per heavy atom. The minimum atomic E-state index is -0.0873. The van der Waals surface area contributed by atoms with Gasteiger partial charge >= 0.3 is 0 Å². The van der Waals surface area contributed by atoms with Crippen molar-refractivity contribution >= 4 is 0 Å². The van der Waals surface area contributed by atoms with Crippen molar-refractivity contribution < 1.29 is 9.84 Å². The number of allylic oxidation sites excluding steroid dienone is 1. The van der Waals surface area contributed by atoms with E-state index in [9.17, 15) is 5.11 Å². The fourth-order valence-electron chi connectivity index (χ4n) is 7.44. The predicted molar refractivity (Wildman–Crippen MR) is 93.1 cm³/mol. The molecule has 7 atom stereocenters. The lowest BCUT2D eigenvalue weighted by molar-refractivity contribution is -0.0867. The normalized spacial score (nSPS) is 52.3. The molecular weight excluding hydrogens is 284 g/mol. The molecule has 2 nitrogen and oxygen atoms in total. The third-order valence-electron chi connectivity index (χ3n) is 8.63. The van der Waals surface area contributed by atoms with Crippen molar-refractivity contribution in [2.45, 2.75) is 83.8 Å². The van der Waals surface area contributed by atoms with Gasteiger partial charge < -0.3 is 9.84 Å². The largest absolute Gasteiger partial charge is 0.393 e. The van der Waals surface area contributed by atoms with Crippen LogP contribution in [0.1, 0.15) is 71.6 Å². The number of rotatable bonds is 2. The first-order valence-corrected chi connectivity index (χ1v) is 9.95. The molecular formula is C21H34O2. The summed E-state index contributed by atoms with van der Waals surface area (Å²) in [5.74, 6) is 2.56. The Hall–Kier alpha value is -0.340. The minimum Gasteiger partial charge on any atom is -0.393 e. The molecule has 0 heterocycles. The van der Waals surface area contributed by atoms with E-state index in [1.165, 1.54) is 44.9 Å². The highest BCUT2D eigenvalue weighted by atomic mass is 16.5. The van der Waals surface area contributed by atoms with Crippen LogP contribution in [0, 0.1) is 28.6 Å². The Morgan fingerprint density at radius 2 is 2.00 bits per heavy atom. The first-order valence-electron chi connectivity index (χ1n) is 9.95. The second-order valence-electron chi connectivity index (χ2n) is 9.09. The maximum absolute atomic E-state index is 10.2. The highest BCUT2D eigenvalue weighted by molar-refractivity contribution is 5.26. The summed E-state index contributed by atoms with van der Waals surface area (Å²) in [5.41, 5.74) is 2.43. The molecule has 0 aromatic heterocycles. The van der Waals surface area contributed by atoms with Gasteiger partial charge in [-0.05, 0) is 86.4 Å². The molecule has 0 bridgehead atoms. The smallest absolute Gasteiger partial charge is 0.0627 e. The molecule has 1 N–H and O–H groups in total. The molecule has 0 aromatic rings. The molecule has 2 heteroatoms. The van der Waals surface area contributed by atoms with Crippen LogP contribution in [0.4, 0.5) is 0 Å². The summed E-state index contributed by atoms with van der Waals surface area (Å²) in [5, 5.41) is 10.2. The Labute approximate surface area is 141 Å². The Morgan fingerprint density at radius 1 is 1.17 bits per heavy atom. The van der Waals surface area contributed by atoms with Crippen LogP contribution in [0.15, 0.2) is 11.6 Å². The summed E-state index contributed by atoms with van der Waals surface area (Å²) in [7, 11) is 1.92. The van der Waals surface area contributed by atoms with Gasteiger partial charge in [0.15, 0.2) is 0 Å². The number of methoxy groups -OCH3 is 1. The molecule has 0 radical (unpaired) electrons. The molecule has 2 unspecified atom stereocenters.